The zero-order valence-corrected chi connectivity index (χ0v) is 18.5. The standard InChI is InChI=1S/C26H41NO/c1-4-21-24(28)17-23-20-9-8-18-16-19(27-14-6-5-7-15-27)10-12-25(18,2)22(20)11-13-26(21,23)3/h4,18-20,22-23H,5-17H2,1-3H3/b21-4-/t18?,19-,20-,22+,23+,25+,26-/m1/s1. The molecule has 0 aromatic heterocycles. The number of fused-ring (bicyclic) bond motifs is 5. The number of carbonyl (C=O) groups excluding carboxylic acids is 1. The lowest BCUT2D eigenvalue weighted by molar-refractivity contribution is -0.118. The molecule has 4 aliphatic carbocycles. The van der Waals surface area contributed by atoms with Gasteiger partial charge in [-0.3, -0.25) is 4.79 Å². The monoisotopic (exact) mass is 383 g/mol. The van der Waals surface area contributed by atoms with E-state index in [4.69, 9.17) is 0 Å². The third-order valence-electron chi connectivity index (χ3n) is 10.5. The van der Waals surface area contributed by atoms with E-state index in [1.54, 1.807) is 0 Å². The molecule has 2 heteroatoms. The average molecular weight is 384 g/mol. The number of allylic oxidation sites excluding steroid dienone is 2. The van der Waals surface area contributed by atoms with Crippen molar-refractivity contribution in [2.24, 2.45) is 34.5 Å². The summed E-state index contributed by atoms with van der Waals surface area (Å²) in [5.41, 5.74) is 1.90. The average Bonchev–Trinajstić information content (AvgIpc) is 2.97. The van der Waals surface area contributed by atoms with E-state index in [0.717, 1.165) is 30.2 Å². The number of nitrogens with zero attached hydrogens (tertiary/aromatic N) is 1. The van der Waals surface area contributed by atoms with Gasteiger partial charge in [-0.05, 0) is 118 Å². The van der Waals surface area contributed by atoms with Crippen LogP contribution in [0.2, 0.25) is 0 Å². The van der Waals surface area contributed by atoms with Crippen LogP contribution in [0.15, 0.2) is 11.6 Å². The van der Waals surface area contributed by atoms with Crippen molar-refractivity contribution < 1.29 is 4.79 Å². The molecule has 5 rings (SSSR count). The lowest BCUT2D eigenvalue weighted by Crippen LogP contribution is -2.55. The molecule has 7 atom stereocenters. The zero-order valence-electron chi connectivity index (χ0n) is 18.5. The molecule has 0 aromatic rings. The molecule has 1 unspecified atom stereocenters. The lowest BCUT2D eigenvalue weighted by atomic mass is 9.45. The van der Waals surface area contributed by atoms with Gasteiger partial charge in [0.05, 0.1) is 0 Å². The number of Topliss-reactive ketones (excluding diaryl/α,β-unsaturated/α-hetero) is 1. The Morgan fingerprint density at radius 3 is 2.50 bits per heavy atom. The van der Waals surface area contributed by atoms with Crippen molar-refractivity contribution >= 4 is 5.78 Å². The molecule has 1 heterocycles. The molecule has 1 saturated heterocycles. The van der Waals surface area contributed by atoms with Gasteiger partial charge in [0.25, 0.3) is 0 Å². The molecule has 156 valence electrons. The number of piperidine rings is 1. The van der Waals surface area contributed by atoms with Crippen LogP contribution >= 0.6 is 0 Å². The molecule has 0 N–H and O–H groups in total. The van der Waals surface area contributed by atoms with Crippen molar-refractivity contribution in [2.75, 3.05) is 13.1 Å². The van der Waals surface area contributed by atoms with E-state index in [9.17, 15) is 4.79 Å². The summed E-state index contributed by atoms with van der Waals surface area (Å²) in [5, 5.41) is 0. The topological polar surface area (TPSA) is 20.3 Å². The van der Waals surface area contributed by atoms with Gasteiger partial charge in [0.1, 0.15) is 0 Å². The van der Waals surface area contributed by atoms with E-state index in [1.807, 2.05) is 0 Å². The highest BCUT2D eigenvalue weighted by Gasteiger charge is 2.60. The highest BCUT2D eigenvalue weighted by Crippen LogP contribution is 2.66. The van der Waals surface area contributed by atoms with Gasteiger partial charge in [-0.25, -0.2) is 0 Å². The Morgan fingerprint density at radius 1 is 0.964 bits per heavy atom. The van der Waals surface area contributed by atoms with Gasteiger partial charge < -0.3 is 4.90 Å². The van der Waals surface area contributed by atoms with Crippen molar-refractivity contribution in [2.45, 2.75) is 97.4 Å². The van der Waals surface area contributed by atoms with Crippen molar-refractivity contribution in [1.29, 1.82) is 0 Å². The minimum absolute atomic E-state index is 0.182. The fourth-order valence-electron chi connectivity index (χ4n) is 9.00. The number of carbonyl (C=O) groups is 1. The van der Waals surface area contributed by atoms with Crippen LogP contribution in [0.4, 0.5) is 0 Å². The van der Waals surface area contributed by atoms with Crippen molar-refractivity contribution in [3.8, 4) is 0 Å². The Balaban J connectivity index is 1.35. The summed E-state index contributed by atoms with van der Waals surface area (Å²) < 4.78 is 0. The van der Waals surface area contributed by atoms with Crippen LogP contribution in [0.25, 0.3) is 0 Å². The van der Waals surface area contributed by atoms with E-state index in [2.05, 4.69) is 31.7 Å². The van der Waals surface area contributed by atoms with Gasteiger partial charge in [-0.1, -0.05) is 26.3 Å². The van der Waals surface area contributed by atoms with E-state index in [0.29, 0.717) is 17.1 Å². The second kappa shape index (κ2) is 6.96. The first-order chi connectivity index (χ1) is 13.5. The molecular weight excluding hydrogens is 342 g/mol. The van der Waals surface area contributed by atoms with Crippen LogP contribution < -0.4 is 0 Å². The minimum atomic E-state index is 0.182. The maximum atomic E-state index is 12.8. The molecular formula is C26H41NO. The van der Waals surface area contributed by atoms with Crippen LogP contribution in [0.1, 0.15) is 91.4 Å². The number of likely N-dealkylation sites (tertiary alicyclic amines) is 1. The van der Waals surface area contributed by atoms with Gasteiger partial charge in [0, 0.05) is 12.5 Å². The first-order valence-corrected chi connectivity index (χ1v) is 12.4. The van der Waals surface area contributed by atoms with Gasteiger partial charge in [-0.15, -0.1) is 0 Å². The van der Waals surface area contributed by atoms with Gasteiger partial charge in [-0.2, -0.15) is 0 Å². The predicted molar refractivity (Wildman–Crippen MR) is 115 cm³/mol. The summed E-state index contributed by atoms with van der Waals surface area (Å²) >= 11 is 0. The molecule has 0 bridgehead atoms. The predicted octanol–water partition coefficient (Wildman–Crippen LogP) is 6.01. The van der Waals surface area contributed by atoms with Crippen LogP contribution in [0, 0.1) is 34.5 Å². The third-order valence-corrected chi connectivity index (χ3v) is 10.5. The Hall–Kier alpha value is -0.630. The van der Waals surface area contributed by atoms with Crippen LogP contribution in [0.5, 0.6) is 0 Å². The Kier molecular flexibility index (Phi) is 4.81. The van der Waals surface area contributed by atoms with E-state index < -0.39 is 0 Å². The first kappa shape index (κ1) is 19.3. The zero-order chi connectivity index (χ0) is 19.5. The maximum Gasteiger partial charge on any atom is 0.159 e. The van der Waals surface area contributed by atoms with Crippen LogP contribution in [0.3, 0.4) is 0 Å². The highest BCUT2D eigenvalue weighted by molar-refractivity contribution is 5.99. The molecule has 28 heavy (non-hydrogen) atoms. The summed E-state index contributed by atoms with van der Waals surface area (Å²) in [6.07, 6.45) is 17.0. The molecule has 0 radical (unpaired) electrons. The molecule has 5 fully saturated rings. The fourth-order valence-corrected chi connectivity index (χ4v) is 9.00. The molecule has 1 aliphatic heterocycles. The van der Waals surface area contributed by atoms with Crippen molar-refractivity contribution in [3.05, 3.63) is 11.6 Å². The number of ketones is 1. The second-order valence-corrected chi connectivity index (χ2v) is 11.5. The van der Waals surface area contributed by atoms with Crippen LogP contribution in [-0.2, 0) is 4.79 Å². The van der Waals surface area contributed by atoms with Gasteiger partial charge in [0.2, 0.25) is 0 Å². The molecule has 0 amide bonds. The minimum Gasteiger partial charge on any atom is -0.300 e. The number of hydrogen-bond acceptors (Lipinski definition) is 2. The Morgan fingerprint density at radius 2 is 1.75 bits per heavy atom. The number of hydrogen-bond donors (Lipinski definition) is 0. The molecule has 5 aliphatic rings. The SMILES string of the molecule is C/C=C1/C(=O)C[C@H]2[C@@H]3CCC4C[C@H](N5CCCCC5)CC[C@]4(C)[C@H]3CC[C@]12C. The van der Waals surface area contributed by atoms with Crippen molar-refractivity contribution in [3.63, 3.8) is 0 Å². The third kappa shape index (κ3) is 2.72. The second-order valence-electron chi connectivity index (χ2n) is 11.5. The molecule has 2 nitrogen and oxygen atoms in total. The summed E-state index contributed by atoms with van der Waals surface area (Å²) in [6, 6.07) is 0.867. The first-order valence-electron chi connectivity index (χ1n) is 12.4. The summed E-state index contributed by atoms with van der Waals surface area (Å²) in [5.74, 6) is 3.69. The van der Waals surface area contributed by atoms with E-state index in [1.165, 1.54) is 82.9 Å². The maximum absolute atomic E-state index is 12.8. The summed E-state index contributed by atoms with van der Waals surface area (Å²) in [4.78, 5) is 15.6. The highest BCUT2D eigenvalue weighted by atomic mass is 16.1. The summed E-state index contributed by atoms with van der Waals surface area (Å²) in [7, 11) is 0. The van der Waals surface area contributed by atoms with Crippen molar-refractivity contribution in [1.82, 2.24) is 4.90 Å². The quantitative estimate of drug-likeness (QED) is 0.517. The van der Waals surface area contributed by atoms with Gasteiger partial charge >= 0.3 is 0 Å². The largest absolute Gasteiger partial charge is 0.300 e. The Bertz CT molecular complexity index is 661. The van der Waals surface area contributed by atoms with E-state index >= 15 is 0 Å². The smallest absolute Gasteiger partial charge is 0.159 e. The van der Waals surface area contributed by atoms with E-state index in [-0.39, 0.29) is 5.41 Å². The molecule has 0 spiro atoms. The van der Waals surface area contributed by atoms with Crippen LogP contribution in [-0.4, -0.2) is 29.8 Å². The fraction of sp³-hybridized carbons (Fsp3) is 0.885. The Labute approximate surface area is 172 Å². The molecule has 0 aromatic carbocycles. The number of rotatable bonds is 1. The normalized spacial score (nSPS) is 50.9. The lowest BCUT2D eigenvalue weighted by Gasteiger charge is -2.61. The molecule has 4 saturated carbocycles. The van der Waals surface area contributed by atoms with Gasteiger partial charge in [0.15, 0.2) is 5.78 Å². The summed E-state index contributed by atoms with van der Waals surface area (Å²) in [6.45, 7) is 9.89.